The number of anilines is 6. The molecule has 0 aliphatic rings. The molecule has 0 radical (unpaired) electrons. The van der Waals surface area contributed by atoms with Crippen molar-refractivity contribution < 1.29 is 0 Å². The van der Waals surface area contributed by atoms with Crippen LogP contribution in [0.25, 0.3) is 54.6 Å². The highest BCUT2D eigenvalue weighted by Gasteiger charge is 2.26. The Morgan fingerprint density at radius 1 is 0.371 bits per heavy atom. The van der Waals surface area contributed by atoms with Crippen molar-refractivity contribution in [3.05, 3.63) is 213 Å². The van der Waals surface area contributed by atoms with Gasteiger partial charge in [0.2, 0.25) is 0 Å². The second-order valence-electron chi connectivity index (χ2n) is 15.6. The maximum absolute atomic E-state index is 9.79. The largest absolute Gasteiger partial charge is 0.310 e. The van der Waals surface area contributed by atoms with Crippen LogP contribution in [-0.2, 0) is 0 Å². The first kappa shape index (κ1) is 38.9. The maximum atomic E-state index is 9.79. The first-order valence-electron chi connectivity index (χ1n) is 20.3. The lowest BCUT2D eigenvalue weighted by Crippen LogP contribution is -2.12. The normalized spacial score (nSPS) is 11.2. The fourth-order valence-corrected chi connectivity index (χ4v) is 9.20. The summed E-state index contributed by atoms with van der Waals surface area (Å²) in [5.74, 6) is 0. The van der Waals surface area contributed by atoms with E-state index in [4.69, 9.17) is 0 Å². The molecule has 0 spiro atoms. The molecule has 62 heavy (non-hydrogen) atoms. The highest BCUT2D eigenvalue weighted by molar-refractivity contribution is 9.10. The van der Waals surface area contributed by atoms with E-state index in [1.54, 1.807) is 0 Å². The van der Waals surface area contributed by atoms with Crippen molar-refractivity contribution in [3.8, 4) is 34.4 Å². The van der Waals surface area contributed by atoms with E-state index in [1.807, 2.05) is 24.3 Å². The topological polar surface area (TPSA) is 54.1 Å². The van der Waals surface area contributed by atoms with Crippen LogP contribution in [0.1, 0.15) is 22.3 Å². The van der Waals surface area contributed by atoms with E-state index in [0.717, 1.165) is 97.6 Å². The van der Waals surface area contributed by atoms with Gasteiger partial charge in [-0.2, -0.15) is 10.5 Å². The molecule has 0 atom stereocenters. The molecule has 0 unspecified atom stereocenters. The van der Waals surface area contributed by atoms with Crippen molar-refractivity contribution in [1.82, 2.24) is 0 Å². The Labute approximate surface area is 377 Å². The minimum Gasteiger partial charge on any atom is -0.310 e. The van der Waals surface area contributed by atoms with Crippen LogP contribution in [0, 0.1) is 36.5 Å². The first-order chi connectivity index (χ1) is 30.3. The Hall–Kier alpha value is -7.22. The maximum Gasteiger partial charge on any atom is 0.0991 e. The van der Waals surface area contributed by atoms with Crippen LogP contribution in [0.4, 0.5) is 34.1 Å². The van der Waals surface area contributed by atoms with E-state index in [1.165, 1.54) is 11.1 Å². The summed E-state index contributed by atoms with van der Waals surface area (Å²) in [6.07, 6.45) is 0. The summed E-state index contributed by atoms with van der Waals surface area (Å²) in [7, 11) is 0. The lowest BCUT2D eigenvalue weighted by molar-refractivity contribution is 1.28. The van der Waals surface area contributed by atoms with Crippen molar-refractivity contribution in [2.75, 3.05) is 9.80 Å². The van der Waals surface area contributed by atoms with Crippen LogP contribution in [0.5, 0.6) is 0 Å². The molecule has 0 aliphatic heterocycles. The van der Waals surface area contributed by atoms with Crippen LogP contribution >= 0.6 is 31.9 Å². The Morgan fingerprint density at radius 3 is 1.00 bits per heavy atom. The summed E-state index contributed by atoms with van der Waals surface area (Å²) >= 11 is 7.37. The fourth-order valence-electron chi connectivity index (χ4n) is 8.67. The second-order valence-corrected chi connectivity index (χ2v) is 17.5. The predicted molar refractivity (Wildman–Crippen MR) is 265 cm³/mol. The predicted octanol–water partition coefficient (Wildman–Crippen LogP) is 16.7. The third kappa shape index (κ3) is 6.94. The molecule has 6 heteroatoms. The molecular weight excluding hydrogens is 888 g/mol. The van der Waals surface area contributed by atoms with Gasteiger partial charge in [-0.05, 0) is 156 Å². The molecule has 10 aromatic rings. The van der Waals surface area contributed by atoms with E-state index in [-0.39, 0.29) is 0 Å². The average Bonchev–Trinajstić information content (AvgIpc) is 3.31. The molecule has 0 saturated carbocycles. The third-order valence-electron chi connectivity index (χ3n) is 11.7. The SMILES string of the molecule is Cc1ccc(N(c2ccc(Br)cc2)c2cc(-c3ccc(C#N)cc3)c3ccc4c(N(c5ccc(C)cc5)c5ccc(Br)cc5)cc(-c5ccc(C#N)cc5)c5ccc2c3c54)cc1. The Bertz CT molecular complexity index is 3040. The van der Waals surface area contributed by atoms with Gasteiger partial charge < -0.3 is 9.80 Å². The van der Waals surface area contributed by atoms with Gasteiger partial charge in [0.1, 0.15) is 0 Å². The summed E-state index contributed by atoms with van der Waals surface area (Å²) in [6.45, 7) is 4.23. The smallest absolute Gasteiger partial charge is 0.0991 e. The molecule has 0 amide bonds. The number of rotatable bonds is 8. The first-order valence-corrected chi connectivity index (χ1v) is 21.9. The van der Waals surface area contributed by atoms with Crippen molar-refractivity contribution in [2.24, 2.45) is 0 Å². The third-order valence-corrected chi connectivity index (χ3v) is 12.8. The van der Waals surface area contributed by atoms with E-state index < -0.39 is 0 Å². The zero-order chi connectivity index (χ0) is 42.5. The molecule has 0 aliphatic carbocycles. The molecule has 4 nitrogen and oxygen atoms in total. The molecule has 0 bridgehead atoms. The monoisotopic (exact) mass is 922 g/mol. The minimum absolute atomic E-state index is 0.615. The zero-order valence-electron chi connectivity index (χ0n) is 33.9. The standard InChI is InChI=1S/C56H36Br2N4/c1-35-3-19-43(20-4-35)61(45-23-15-41(57)16-24-45)53-31-51(39-11-7-37(33-59)8-12-39)47-28-30-50-54(62(44-21-5-36(2)6-22-44)46-25-17-42(58)18-26-46)32-52(40-13-9-38(34-60)10-14-40)48-27-29-49(53)55(47)56(48)50/h3-32H,1-2H3. The van der Waals surface area contributed by atoms with Gasteiger partial charge >= 0.3 is 0 Å². The quantitative estimate of drug-likeness (QED) is 0.143. The highest BCUT2D eigenvalue weighted by atomic mass is 79.9. The van der Waals surface area contributed by atoms with Crippen LogP contribution in [0.3, 0.4) is 0 Å². The summed E-state index contributed by atoms with van der Waals surface area (Å²) in [6, 6.07) is 68.6. The number of nitriles is 2. The zero-order valence-corrected chi connectivity index (χ0v) is 37.0. The van der Waals surface area contributed by atoms with Gasteiger partial charge in [0.05, 0.1) is 34.6 Å². The molecule has 10 aromatic carbocycles. The number of hydrogen-bond donors (Lipinski definition) is 0. The van der Waals surface area contributed by atoms with Gasteiger partial charge in [-0.15, -0.1) is 0 Å². The lowest BCUT2D eigenvalue weighted by Gasteiger charge is -2.31. The van der Waals surface area contributed by atoms with Crippen LogP contribution in [0.15, 0.2) is 191 Å². The van der Waals surface area contributed by atoms with Crippen LogP contribution in [-0.4, -0.2) is 0 Å². The van der Waals surface area contributed by atoms with Crippen molar-refractivity contribution in [2.45, 2.75) is 13.8 Å². The average molecular weight is 925 g/mol. The number of nitrogens with zero attached hydrogens (tertiary/aromatic N) is 4. The molecule has 0 fully saturated rings. The lowest BCUT2D eigenvalue weighted by atomic mass is 9.85. The van der Waals surface area contributed by atoms with Gasteiger partial charge in [-0.1, -0.05) is 116 Å². The van der Waals surface area contributed by atoms with E-state index in [9.17, 15) is 10.5 Å². The van der Waals surface area contributed by atoms with Gasteiger partial charge in [-0.3, -0.25) is 0 Å². The van der Waals surface area contributed by atoms with Crippen LogP contribution in [0.2, 0.25) is 0 Å². The molecular formula is C56H36Br2N4. The Kier molecular flexibility index (Phi) is 10.0. The van der Waals surface area contributed by atoms with E-state index in [0.29, 0.717) is 11.1 Å². The van der Waals surface area contributed by atoms with Crippen LogP contribution < -0.4 is 9.80 Å². The minimum atomic E-state index is 0.615. The molecule has 0 N–H and O–H groups in total. The summed E-state index contributed by atoms with van der Waals surface area (Å²) in [5.41, 5.74) is 14.0. The Morgan fingerprint density at radius 2 is 0.677 bits per heavy atom. The van der Waals surface area contributed by atoms with Crippen molar-refractivity contribution in [1.29, 1.82) is 10.5 Å². The molecule has 294 valence electrons. The Balaban J connectivity index is 1.38. The molecule has 10 rings (SSSR count). The second kappa shape index (κ2) is 16.0. The summed E-state index contributed by atoms with van der Waals surface area (Å²) < 4.78 is 2.01. The van der Waals surface area contributed by atoms with Gasteiger partial charge in [0, 0.05) is 53.2 Å². The number of aryl methyl sites for hydroxylation is 2. The summed E-state index contributed by atoms with van der Waals surface area (Å²) in [5, 5.41) is 26.3. The number of benzene rings is 10. The van der Waals surface area contributed by atoms with E-state index >= 15 is 0 Å². The molecule has 0 aromatic heterocycles. The van der Waals surface area contributed by atoms with Crippen molar-refractivity contribution in [3.63, 3.8) is 0 Å². The summed E-state index contributed by atoms with van der Waals surface area (Å²) in [4.78, 5) is 4.71. The number of halogens is 2. The highest BCUT2D eigenvalue weighted by Crippen LogP contribution is 2.52. The van der Waals surface area contributed by atoms with Gasteiger partial charge in [0.15, 0.2) is 0 Å². The fraction of sp³-hybridized carbons (Fsp3) is 0.0357. The number of hydrogen-bond acceptors (Lipinski definition) is 4. The molecule has 0 heterocycles. The molecule has 0 saturated heterocycles. The van der Waals surface area contributed by atoms with Crippen molar-refractivity contribution >= 4 is 98.3 Å². The van der Waals surface area contributed by atoms with Gasteiger partial charge in [-0.25, -0.2) is 0 Å². The van der Waals surface area contributed by atoms with E-state index in [2.05, 4.69) is 225 Å². The van der Waals surface area contributed by atoms with Gasteiger partial charge in [0.25, 0.3) is 0 Å².